The van der Waals surface area contributed by atoms with Gasteiger partial charge in [0.15, 0.2) is 0 Å². The Balaban J connectivity index is 1.46. The molecular weight excluding hydrogens is 344 g/mol. The molecule has 0 bridgehead atoms. The van der Waals surface area contributed by atoms with Crippen LogP contribution < -0.4 is 10.2 Å². The lowest BCUT2D eigenvalue weighted by Gasteiger charge is -2.33. The number of carbonyl (C=O) groups excluding carboxylic acids is 1. The Labute approximate surface area is 158 Å². The lowest BCUT2D eigenvalue weighted by molar-refractivity contribution is -0.117. The van der Waals surface area contributed by atoms with E-state index in [0.717, 1.165) is 54.7 Å². The predicted octanol–water partition coefficient (Wildman–Crippen LogP) is 2.97. The fraction of sp³-hybridized carbons (Fsp3) is 0.400. The largest absolute Gasteiger partial charge is 0.354 e. The van der Waals surface area contributed by atoms with E-state index in [0.29, 0.717) is 0 Å². The number of anilines is 2. The molecule has 4 rings (SSSR count). The van der Waals surface area contributed by atoms with Gasteiger partial charge in [0.1, 0.15) is 5.82 Å². The minimum atomic E-state index is -0.0899. The van der Waals surface area contributed by atoms with Crippen molar-refractivity contribution in [3.05, 3.63) is 47.7 Å². The van der Waals surface area contributed by atoms with Crippen molar-refractivity contribution in [1.82, 2.24) is 9.88 Å². The minimum absolute atomic E-state index is 0.0553. The van der Waals surface area contributed by atoms with Gasteiger partial charge in [-0.25, -0.2) is 4.98 Å². The highest BCUT2D eigenvalue weighted by Crippen LogP contribution is 2.39. The fourth-order valence-corrected chi connectivity index (χ4v) is 4.72. The maximum Gasteiger partial charge on any atom is 0.232 e. The molecule has 0 saturated carbocycles. The Hall–Kier alpha value is -2.05. The SMILES string of the molecule is Cc1nc(N2CCN(C)CC2)ccc1NC(=O)C1CSc2ccccc21. The topological polar surface area (TPSA) is 48.5 Å². The zero-order valence-corrected chi connectivity index (χ0v) is 16.1. The van der Waals surface area contributed by atoms with Gasteiger partial charge in [-0.2, -0.15) is 0 Å². The van der Waals surface area contributed by atoms with Gasteiger partial charge in [0.05, 0.1) is 17.3 Å². The van der Waals surface area contributed by atoms with E-state index in [4.69, 9.17) is 4.98 Å². The van der Waals surface area contributed by atoms with Crippen molar-refractivity contribution >= 4 is 29.2 Å². The molecule has 5 nitrogen and oxygen atoms in total. The third-order valence-corrected chi connectivity index (χ3v) is 6.36. The number of likely N-dealkylation sites (N-methyl/N-ethyl adjacent to an activating group) is 1. The van der Waals surface area contributed by atoms with Crippen molar-refractivity contribution in [1.29, 1.82) is 0 Å². The van der Waals surface area contributed by atoms with Crippen LogP contribution in [0.25, 0.3) is 0 Å². The van der Waals surface area contributed by atoms with Crippen molar-refractivity contribution in [2.24, 2.45) is 0 Å². The summed E-state index contributed by atoms with van der Waals surface area (Å²) in [6.07, 6.45) is 0. The average Bonchev–Trinajstić information content (AvgIpc) is 3.08. The fourth-order valence-electron chi connectivity index (χ4n) is 3.49. The Morgan fingerprint density at radius 1 is 1.15 bits per heavy atom. The second-order valence-corrected chi connectivity index (χ2v) is 8.05. The molecule has 1 amide bonds. The van der Waals surface area contributed by atoms with Crippen LogP contribution in [0.15, 0.2) is 41.3 Å². The summed E-state index contributed by atoms with van der Waals surface area (Å²) in [6, 6.07) is 12.2. The number of nitrogens with one attached hydrogen (secondary N) is 1. The minimum Gasteiger partial charge on any atom is -0.354 e. The van der Waals surface area contributed by atoms with Gasteiger partial charge in [-0.3, -0.25) is 4.79 Å². The van der Waals surface area contributed by atoms with E-state index in [1.165, 1.54) is 4.90 Å². The lowest BCUT2D eigenvalue weighted by Crippen LogP contribution is -2.44. The van der Waals surface area contributed by atoms with Crippen LogP contribution in [0.2, 0.25) is 0 Å². The van der Waals surface area contributed by atoms with E-state index in [2.05, 4.69) is 34.3 Å². The molecule has 136 valence electrons. The molecule has 0 radical (unpaired) electrons. The van der Waals surface area contributed by atoms with E-state index < -0.39 is 0 Å². The molecule has 26 heavy (non-hydrogen) atoms. The van der Waals surface area contributed by atoms with Crippen molar-refractivity contribution in [3.8, 4) is 0 Å². The molecule has 1 atom stereocenters. The summed E-state index contributed by atoms with van der Waals surface area (Å²) in [5.74, 6) is 1.76. The Kier molecular flexibility index (Phi) is 4.87. The van der Waals surface area contributed by atoms with Crippen LogP contribution in [-0.2, 0) is 4.79 Å². The molecule has 0 spiro atoms. The normalized spacial score (nSPS) is 20.1. The number of hydrogen-bond donors (Lipinski definition) is 1. The molecule has 2 aromatic rings. The maximum atomic E-state index is 12.8. The zero-order valence-electron chi connectivity index (χ0n) is 15.2. The summed E-state index contributed by atoms with van der Waals surface area (Å²) < 4.78 is 0. The number of thioether (sulfide) groups is 1. The molecule has 2 aliphatic heterocycles. The molecule has 3 heterocycles. The smallest absolute Gasteiger partial charge is 0.232 e. The van der Waals surface area contributed by atoms with Crippen LogP contribution in [0.4, 0.5) is 11.5 Å². The van der Waals surface area contributed by atoms with Gasteiger partial charge in [-0.15, -0.1) is 11.8 Å². The van der Waals surface area contributed by atoms with E-state index in [-0.39, 0.29) is 11.8 Å². The third kappa shape index (κ3) is 3.44. The number of pyridine rings is 1. The number of piperazine rings is 1. The standard InChI is InChI=1S/C20H24N4OS/c1-14-17(7-8-19(21-14)24-11-9-23(2)10-12-24)22-20(25)16-13-26-18-6-4-3-5-15(16)18/h3-8,16H,9-13H2,1-2H3,(H,22,25). The van der Waals surface area contributed by atoms with E-state index in [1.807, 2.05) is 31.2 Å². The summed E-state index contributed by atoms with van der Waals surface area (Å²) >= 11 is 1.75. The molecule has 0 aliphatic carbocycles. The monoisotopic (exact) mass is 368 g/mol. The Bertz CT molecular complexity index is 817. The number of aryl methyl sites for hydroxylation is 1. The molecule has 1 saturated heterocycles. The zero-order chi connectivity index (χ0) is 18.1. The summed E-state index contributed by atoms with van der Waals surface area (Å²) in [5, 5.41) is 3.09. The molecule has 2 aliphatic rings. The third-order valence-electron chi connectivity index (χ3n) is 5.17. The highest BCUT2D eigenvalue weighted by Gasteiger charge is 2.29. The second-order valence-electron chi connectivity index (χ2n) is 6.98. The first-order valence-corrected chi connectivity index (χ1v) is 10.0. The number of rotatable bonds is 3. The van der Waals surface area contributed by atoms with Gasteiger partial charge in [0, 0.05) is 36.8 Å². The summed E-state index contributed by atoms with van der Waals surface area (Å²) in [6.45, 7) is 6.05. The highest BCUT2D eigenvalue weighted by atomic mass is 32.2. The summed E-state index contributed by atoms with van der Waals surface area (Å²) in [5.41, 5.74) is 2.81. The number of nitrogens with zero attached hydrogens (tertiary/aromatic N) is 3. The second kappa shape index (κ2) is 7.29. The van der Waals surface area contributed by atoms with E-state index in [1.54, 1.807) is 11.8 Å². The van der Waals surface area contributed by atoms with Gasteiger partial charge < -0.3 is 15.1 Å². The molecule has 6 heteroatoms. The van der Waals surface area contributed by atoms with Crippen LogP contribution in [0, 0.1) is 6.92 Å². The molecule has 1 unspecified atom stereocenters. The van der Waals surface area contributed by atoms with Crippen LogP contribution >= 0.6 is 11.8 Å². The predicted molar refractivity (Wildman–Crippen MR) is 107 cm³/mol. The van der Waals surface area contributed by atoms with Gasteiger partial charge >= 0.3 is 0 Å². The van der Waals surface area contributed by atoms with Gasteiger partial charge in [0.25, 0.3) is 0 Å². The van der Waals surface area contributed by atoms with Gasteiger partial charge in [-0.1, -0.05) is 18.2 Å². The van der Waals surface area contributed by atoms with E-state index >= 15 is 0 Å². The number of amides is 1. The van der Waals surface area contributed by atoms with Crippen LogP contribution in [-0.4, -0.2) is 54.8 Å². The van der Waals surface area contributed by atoms with Crippen LogP contribution in [0.1, 0.15) is 17.2 Å². The molecule has 1 aromatic carbocycles. The van der Waals surface area contributed by atoms with Crippen LogP contribution in [0.3, 0.4) is 0 Å². The molecule has 1 aromatic heterocycles. The molecule has 1 N–H and O–H groups in total. The first-order chi connectivity index (χ1) is 12.6. The molecular formula is C20H24N4OS. The first kappa shape index (κ1) is 17.4. The number of fused-ring (bicyclic) bond motifs is 1. The average molecular weight is 369 g/mol. The Morgan fingerprint density at radius 2 is 1.92 bits per heavy atom. The number of hydrogen-bond acceptors (Lipinski definition) is 5. The number of aromatic nitrogens is 1. The van der Waals surface area contributed by atoms with Gasteiger partial charge in [-0.05, 0) is 37.7 Å². The first-order valence-electron chi connectivity index (χ1n) is 9.05. The van der Waals surface area contributed by atoms with Crippen molar-refractivity contribution < 1.29 is 4.79 Å². The van der Waals surface area contributed by atoms with Crippen molar-refractivity contribution in [3.63, 3.8) is 0 Å². The maximum absolute atomic E-state index is 12.8. The quantitative estimate of drug-likeness (QED) is 0.903. The summed E-state index contributed by atoms with van der Waals surface area (Å²) in [4.78, 5) is 23.4. The number of benzene rings is 1. The Morgan fingerprint density at radius 3 is 2.69 bits per heavy atom. The lowest BCUT2D eigenvalue weighted by atomic mass is 10.0. The van der Waals surface area contributed by atoms with Crippen LogP contribution in [0.5, 0.6) is 0 Å². The van der Waals surface area contributed by atoms with Gasteiger partial charge in [0.2, 0.25) is 5.91 Å². The van der Waals surface area contributed by atoms with Crippen molar-refractivity contribution in [2.75, 3.05) is 49.2 Å². The van der Waals surface area contributed by atoms with Crippen molar-refractivity contribution in [2.45, 2.75) is 17.7 Å². The summed E-state index contributed by atoms with van der Waals surface area (Å²) in [7, 11) is 2.15. The highest BCUT2D eigenvalue weighted by molar-refractivity contribution is 7.99. The number of carbonyl (C=O) groups is 1. The molecule has 1 fully saturated rings. The van der Waals surface area contributed by atoms with E-state index in [9.17, 15) is 4.79 Å².